The summed E-state index contributed by atoms with van der Waals surface area (Å²) in [5.41, 5.74) is 1.95. The first kappa shape index (κ1) is 20.9. The van der Waals surface area contributed by atoms with E-state index >= 15 is 0 Å². The van der Waals surface area contributed by atoms with Gasteiger partial charge < -0.3 is 14.2 Å². The Bertz CT molecular complexity index is 957. The molecule has 5 heteroatoms. The van der Waals surface area contributed by atoms with E-state index in [0.717, 1.165) is 25.0 Å². The first-order valence-corrected chi connectivity index (χ1v) is 10.9. The molecule has 2 aromatic rings. The molecule has 2 aliphatic rings. The lowest BCUT2D eigenvalue weighted by atomic mass is 9.49. The van der Waals surface area contributed by atoms with E-state index in [1.165, 1.54) is 11.1 Å². The molecule has 0 radical (unpaired) electrons. The molecule has 0 bridgehead atoms. The highest BCUT2D eigenvalue weighted by Gasteiger charge is 2.56. The lowest BCUT2D eigenvalue weighted by molar-refractivity contribution is -0.142. The Hall–Kier alpha value is -2.40. The minimum absolute atomic E-state index is 0.0559. The minimum Gasteiger partial charge on any atom is -0.497 e. The van der Waals surface area contributed by atoms with Gasteiger partial charge in [0, 0.05) is 18.6 Å². The number of ketones is 1. The zero-order chi connectivity index (χ0) is 21.4. The first-order chi connectivity index (χ1) is 14.4. The Morgan fingerprint density at radius 2 is 1.87 bits per heavy atom. The summed E-state index contributed by atoms with van der Waals surface area (Å²) in [6, 6.07) is 15.7. The summed E-state index contributed by atoms with van der Waals surface area (Å²) >= 11 is 5.29. The molecule has 2 aromatic carbocycles. The first-order valence-electron chi connectivity index (χ1n) is 10.5. The number of ether oxygens (including phenoxy) is 3. The predicted molar refractivity (Wildman–Crippen MR) is 120 cm³/mol. The van der Waals surface area contributed by atoms with E-state index in [-0.39, 0.29) is 29.0 Å². The number of rotatable bonds is 4. The van der Waals surface area contributed by atoms with Gasteiger partial charge >= 0.3 is 5.24 Å². The third-order valence-electron chi connectivity index (χ3n) is 7.12. The Balaban J connectivity index is 1.57. The summed E-state index contributed by atoms with van der Waals surface area (Å²) < 4.78 is 17.0. The van der Waals surface area contributed by atoms with Gasteiger partial charge in [-0.25, -0.2) is 0 Å². The SMILES string of the molecule is COc1ccc2c(c1)[C@@]1(C)CCC(=O)[C@](C)(COC(=S)Oc3ccccc3)[C@@H]1CC2. The van der Waals surface area contributed by atoms with Crippen LogP contribution in [0.2, 0.25) is 0 Å². The summed E-state index contributed by atoms with van der Waals surface area (Å²) in [6.45, 7) is 4.56. The lowest BCUT2D eigenvalue weighted by Crippen LogP contribution is -2.55. The maximum absolute atomic E-state index is 13.1. The standard InChI is InChI=1S/C25H28O4S/c1-24-14-13-22(26)25(2,16-28-23(30)29-18-7-5-4-6-8-18)21(24)12-10-17-9-11-19(27-3)15-20(17)24/h4-9,11,15,21H,10,12-14,16H2,1-3H3/t21-,24-,25-/m1/s1. The van der Waals surface area contributed by atoms with Crippen LogP contribution in [-0.2, 0) is 21.4 Å². The molecule has 30 heavy (non-hydrogen) atoms. The van der Waals surface area contributed by atoms with Gasteiger partial charge in [0.05, 0.1) is 12.5 Å². The van der Waals surface area contributed by atoms with Gasteiger partial charge in [0.15, 0.2) is 0 Å². The zero-order valence-electron chi connectivity index (χ0n) is 17.8. The third-order valence-corrected chi connectivity index (χ3v) is 7.32. The Morgan fingerprint density at radius 1 is 1.10 bits per heavy atom. The molecule has 0 saturated heterocycles. The molecule has 0 spiro atoms. The van der Waals surface area contributed by atoms with Crippen LogP contribution in [-0.4, -0.2) is 24.7 Å². The topological polar surface area (TPSA) is 44.8 Å². The average Bonchev–Trinajstić information content (AvgIpc) is 2.76. The second-order valence-corrected chi connectivity index (χ2v) is 9.16. The van der Waals surface area contributed by atoms with E-state index in [9.17, 15) is 4.79 Å². The number of methoxy groups -OCH3 is 1. The van der Waals surface area contributed by atoms with Crippen molar-refractivity contribution in [2.75, 3.05) is 13.7 Å². The molecular weight excluding hydrogens is 396 g/mol. The normalized spacial score (nSPS) is 27.6. The van der Waals surface area contributed by atoms with Crippen LogP contribution < -0.4 is 9.47 Å². The van der Waals surface area contributed by atoms with Crippen molar-refractivity contribution < 1.29 is 19.0 Å². The Labute approximate surface area is 183 Å². The van der Waals surface area contributed by atoms with Crippen LogP contribution in [0, 0.1) is 11.3 Å². The Morgan fingerprint density at radius 3 is 2.60 bits per heavy atom. The highest BCUT2D eigenvalue weighted by atomic mass is 32.1. The number of carbonyl (C=O) groups excluding carboxylic acids is 1. The number of fused-ring (bicyclic) bond motifs is 3. The molecule has 1 fully saturated rings. The molecule has 158 valence electrons. The van der Waals surface area contributed by atoms with Gasteiger partial charge in [-0.1, -0.05) is 31.2 Å². The van der Waals surface area contributed by atoms with Crippen LogP contribution in [0.3, 0.4) is 0 Å². The average molecular weight is 425 g/mol. The third kappa shape index (κ3) is 3.60. The van der Waals surface area contributed by atoms with Crippen LogP contribution in [0.15, 0.2) is 48.5 Å². The molecule has 0 aromatic heterocycles. The highest BCUT2D eigenvalue weighted by Crippen LogP contribution is 2.56. The molecule has 3 atom stereocenters. The van der Waals surface area contributed by atoms with E-state index in [2.05, 4.69) is 19.1 Å². The maximum Gasteiger partial charge on any atom is 0.357 e. The van der Waals surface area contributed by atoms with Gasteiger partial charge in [-0.2, -0.15) is 0 Å². The summed E-state index contributed by atoms with van der Waals surface area (Å²) in [5, 5.41) is 0.0559. The van der Waals surface area contributed by atoms with Crippen LogP contribution in [0.1, 0.15) is 44.2 Å². The van der Waals surface area contributed by atoms with Crippen molar-refractivity contribution in [2.45, 2.75) is 44.9 Å². The van der Waals surface area contributed by atoms with Crippen molar-refractivity contribution in [3.8, 4) is 11.5 Å². The molecule has 0 heterocycles. The van der Waals surface area contributed by atoms with Gasteiger partial charge in [-0.15, -0.1) is 0 Å². The number of hydrogen-bond donors (Lipinski definition) is 0. The fourth-order valence-electron chi connectivity index (χ4n) is 5.43. The van der Waals surface area contributed by atoms with E-state index in [1.54, 1.807) is 7.11 Å². The molecule has 4 nitrogen and oxygen atoms in total. The van der Waals surface area contributed by atoms with Crippen molar-refractivity contribution in [3.63, 3.8) is 0 Å². The second-order valence-electron chi connectivity index (χ2n) is 8.83. The smallest absolute Gasteiger partial charge is 0.357 e. The monoisotopic (exact) mass is 424 g/mol. The van der Waals surface area contributed by atoms with Gasteiger partial charge in [0.1, 0.15) is 23.9 Å². The number of thiocarbonyl (C=S) groups is 1. The number of para-hydroxylation sites is 1. The molecule has 2 aliphatic carbocycles. The summed E-state index contributed by atoms with van der Waals surface area (Å²) in [4.78, 5) is 13.1. The summed E-state index contributed by atoms with van der Waals surface area (Å²) in [5.74, 6) is 1.92. The van der Waals surface area contributed by atoms with E-state index in [0.29, 0.717) is 12.2 Å². The zero-order valence-corrected chi connectivity index (χ0v) is 18.6. The number of aryl methyl sites for hydroxylation is 1. The number of benzene rings is 2. The van der Waals surface area contributed by atoms with E-state index in [1.807, 2.05) is 43.3 Å². The number of Topliss-reactive ketones (excluding diaryl/α,β-unsaturated/α-hetero) is 1. The maximum atomic E-state index is 13.1. The molecule has 1 saturated carbocycles. The molecule has 0 aliphatic heterocycles. The Kier molecular flexibility index (Phi) is 5.58. The van der Waals surface area contributed by atoms with Crippen molar-refractivity contribution in [1.29, 1.82) is 0 Å². The van der Waals surface area contributed by atoms with Gasteiger partial charge in [0.2, 0.25) is 0 Å². The van der Waals surface area contributed by atoms with Crippen molar-refractivity contribution in [2.24, 2.45) is 11.3 Å². The molecule has 0 unspecified atom stereocenters. The summed E-state index contributed by atoms with van der Waals surface area (Å²) in [6.07, 6.45) is 3.29. The van der Waals surface area contributed by atoms with E-state index in [4.69, 9.17) is 26.4 Å². The number of hydrogen-bond acceptors (Lipinski definition) is 5. The van der Waals surface area contributed by atoms with Crippen molar-refractivity contribution >= 4 is 23.2 Å². The van der Waals surface area contributed by atoms with Crippen LogP contribution in [0.4, 0.5) is 0 Å². The summed E-state index contributed by atoms with van der Waals surface area (Å²) in [7, 11) is 1.69. The van der Waals surface area contributed by atoms with Crippen molar-refractivity contribution in [1.82, 2.24) is 0 Å². The van der Waals surface area contributed by atoms with Gasteiger partial charge in [0.25, 0.3) is 0 Å². The minimum atomic E-state index is -0.613. The largest absolute Gasteiger partial charge is 0.497 e. The van der Waals surface area contributed by atoms with Crippen LogP contribution in [0.25, 0.3) is 0 Å². The lowest BCUT2D eigenvalue weighted by Gasteiger charge is -2.54. The number of carbonyl (C=O) groups is 1. The van der Waals surface area contributed by atoms with Crippen LogP contribution >= 0.6 is 12.2 Å². The van der Waals surface area contributed by atoms with Crippen LogP contribution in [0.5, 0.6) is 11.5 Å². The van der Waals surface area contributed by atoms with Gasteiger partial charge in [-0.3, -0.25) is 4.79 Å². The molecule has 0 amide bonds. The fraction of sp³-hybridized carbons (Fsp3) is 0.440. The fourth-order valence-corrected chi connectivity index (χ4v) is 5.58. The molecule has 4 rings (SSSR count). The van der Waals surface area contributed by atoms with Crippen molar-refractivity contribution in [3.05, 3.63) is 59.7 Å². The van der Waals surface area contributed by atoms with Gasteiger partial charge in [-0.05, 0) is 72.9 Å². The predicted octanol–water partition coefficient (Wildman–Crippen LogP) is 5.27. The quantitative estimate of drug-likeness (QED) is 0.626. The molecular formula is C25H28O4S. The highest BCUT2D eigenvalue weighted by molar-refractivity contribution is 7.79. The molecule has 0 N–H and O–H groups in total. The second kappa shape index (κ2) is 8.03. The van der Waals surface area contributed by atoms with E-state index < -0.39 is 5.41 Å².